The molecule has 19 heavy (non-hydrogen) atoms. The minimum absolute atomic E-state index is 0.0912. The molecule has 1 rings (SSSR count). The van der Waals surface area contributed by atoms with Gasteiger partial charge in [-0.3, -0.25) is 9.59 Å². The largest absolute Gasteiger partial charge is 0.379 e. The van der Waals surface area contributed by atoms with E-state index in [-0.39, 0.29) is 6.42 Å². The summed E-state index contributed by atoms with van der Waals surface area (Å²) in [5.74, 6) is -1.69. The number of rotatable bonds is 7. The van der Waals surface area contributed by atoms with E-state index in [2.05, 4.69) is 0 Å². The average Bonchev–Trinajstić information content (AvgIpc) is 2.30. The molecule has 2 amide bonds. The van der Waals surface area contributed by atoms with Crippen LogP contribution in [0.15, 0.2) is 24.3 Å². The Bertz CT molecular complexity index is 461. The van der Waals surface area contributed by atoms with Crippen LogP contribution >= 0.6 is 11.6 Å². The molecule has 0 aliphatic carbocycles. The van der Waals surface area contributed by atoms with E-state index in [1.165, 1.54) is 0 Å². The molecule has 0 unspecified atom stereocenters. The molecule has 104 valence electrons. The van der Waals surface area contributed by atoms with Gasteiger partial charge in [-0.15, -0.1) is 0 Å². The summed E-state index contributed by atoms with van der Waals surface area (Å²) in [6.45, 7) is 0. The quantitative estimate of drug-likeness (QED) is 0.688. The van der Waals surface area contributed by atoms with E-state index in [0.717, 1.165) is 5.56 Å². The van der Waals surface area contributed by atoms with E-state index in [1.807, 2.05) is 12.1 Å². The second-order valence-corrected chi connectivity index (χ2v) is 4.96. The second-order valence-electron chi connectivity index (χ2n) is 4.52. The normalized spacial score (nSPS) is 13.8. The molecule has 0 heterocycles. The maximum atomic E-state index is 11.2. The fourth-order valence-corrected chi connectivity index (χ4v) is 1.95. The van der Waals surface area contributed by atoms with Gasteiger partial charge >= 0.3 is 0 Å². The standard InChI is InChI=1S/C13H17ClN2O3/c14-10-5-3-9(4-6-10)2-1-7-13(19,12(16)18)8-11(15)17/h3-6,19H,1-2,7-8H2,(H2,15,17)(H2,16,18)/t13-/m1/s1. The number of primary amides is 2. The molecular weight excluding hydrogens is 268 g/mol. The minimum Gasteiger partial charge on any atom is -0.379 e. The Balaban J connectivity index is 2.55. The first-order valence-corrected chi connectivity index (χ1v) is 6.26. The maximum absolute atomic E-state index is 11.2. The molecule has 0 spiro atoms. The highest BCUT2D eigenvalue weighted by atomic mass is 35.5. The van der Waals surface area contributed by atoms with Crippen LogP contribution in [0.3, 0.4) is 0 Å². The maximum Gasteiger partial charge on any atom is 0.249 e. The highest BCUT2D eigenvalue weighted by molar-refractivity contribution is 6.30. The third kappa shape index (κ3) is 4.89. The van der Waals surface area contributed by atoms with Crippen LogP contribution in [0.4, 0.5) is 0 Å². The van der Waals surface area contributed by atoms with Crippen LogP contribution < -0.4 is 11.5 Å². The van der Waals surface area contributed by atoms with Gasteiger partial charge in [-0.2, -0.15) is 0 Å². The molecule has 0 aliphatic heterocycles. The van der Waals surface area contributed by atoms with E-state index in [4.69, 9.17) is 23.1 Å². The minimum atomic E-state index is -1.86. The van der Waals surface area contributed by atoms with Gasteiger partial charge in [0, 0.05) is 5.02 Å². The molecule has 0 radical (unpaired) electrons. The third-order valence-electron chi connectivity index (χ3n) is 2.89. The summed E-state index contributed by atoms with van der Waals surface area (Å²) < 4.78 is 0. The van der Waals surface area contributed by atoms with Crippen molar-refractivity contribution in [1.29, 1.82) is 0 Å². The molecule has 1 atom stereocenters. The van der Waals surface area contributed by atoms with Crippen molar-refractivity contribution in [3.63, 3.8) is 0 Å². The predicted octanol–water partition coefficient (Wildman–Crippen LogP) is 0.754. The van der Waals surface area contributed by atoms with Crippen LogP contribution in [0.2, 0.25) is 5.02 Å². The predicted molar refractivity (Wildman–Crippen MR) is 72.3 cm³/mol. The van der Waals surface area contributed by atoms with Gasteiger partial charge in [0.2, 0.25) is 11.8 Å². The lowest BCUT2D eigenvalue weighted by atomic mass is 9.91. The van der Waals surface area contributed by atoms with Crippen molar-refractivity contribution >= 4 is 23.4 Å². The summed E-state index contributed by atoms with van der Waals surface area (Å²) in [7, 11) is 0. The summed E-state index contributed by atoms with van der Waals surface area (Å²) >= 11 is 5.76. The van der Waals surface area contributed by atoms with E-state index < -0.39 is 23.8 Å². The Labute approximate surface area is 116 Å². The number of hydrogen-bond acceptors (Lipinski definition) is 3. The third-order valence-corrected chi connectivity index (χ3v) is 3.15. The number of carbonyl (C=O) groups is 2. The number of amides is 2. The Hall–Kier alpha value is -1.59. The second kappa shape index (κ2) is 6.54. The lowest BCUT2D eigenvalue weighted by Crippen LogP contribution is -2.46. The van der Waals surface area contributed by atoms with Crippen molar-refractivity contribution in [1.82, 2.24) is 0 Å². The zero-order valence-corrected chi connectivity index (χ0v) is 11.2. The van der Waals surface area contributed by atoms with E-state index in [1.54, 1.807) is 12.1 Å². The Morgan fingerprint density at radius 3 is 2.26 bits per heavy atom. The number of aryl methyl sites for hydroxylation is 1. The van der Waals surface area contributed by atoms with Crippen molar-refractivity contribution < 1.29 is 14.7 Å². The van der Waals surface area contributed by atoms with E-state index in [0.29, 0.717) is 17.9 Å². The van der Waals surface area contributed by atoms with Crippen LogP contribution in [0.25, 0.3) is 0 Å². The molecule has 5 nitrogen and oxygen atoms in total. The summed E-state index contributed by atoms with van der Waals surface area (Å²) in [5.41, 5.74) is 9.26. The van der Waals surface area contributed by atoms with Crippen molar-refractivity contribution in [2.75, 3.05) is 0 Å². The zero-order valence-electron chi connectivity index (χ0n) is 10.4. The van der Waals surface area contributed by atoms with Crippen molar-refractivity contribution in [3.05, 3.63) is 34.9 Å². The van der Waals surface area contributed by atoms with Crippen LogP contribution in [0.5, 0.6) is 0 Å². The lowest BCUT2D eigenvalue weighted by Gasteiger charge is -2.22. The van der Waals surface area contributed by atoms with Crippen LogP contribution in [0, 0.1) is 0 Å². The number of benzene rings is 1. The molecule has 6 heteroatoms. The first kappa shape index (κ1) is 15.5. The van der Waals surface area contributed by atoms with Gasteiger partial charge in [0.25, 0.3) is 0 Å². The smallest absolute Gasteiger partial charge is 0.249 e. The van der Waals surface area contributed by atoms with Gasteiger partial charge in [-0.25, -0.2) is 0 Å². The number of aliphatic hydroxyl groups is 1. The number of nitrogens with two attached hydrogens (primary N) is 2. The average molecular weight is 285 g/mol. The highest BCUT2D eigenvalue weighted by Gasteiger charge is 2.35. The fraction of sp³-hybridized carbons (Fsp3) is 0.385. The Morgan fingerprint density at radius 2 is 1.79 bits per heavy atom. The zero-order chi connectivity index (χ0) is 14.5. The summed E-state index contributed by atoms with van der Waals surface area (Å²) in [5, 5.41) is 10.6. The van der Waals surface area contributed by atoms with Crippen molar-refractivity contribution in [2.24, 2.45) is 11.5 Å². The van der Waals surface area contributed by atoms with Gasteiger partial charge in [-0.1, -0.05) is 23.7 Å². The first-order chi connectivity index (χ1) is 8.83. The number of carbonyl (C=O) groups excluding carboxylic acids is 2. The summed E-state index contributed by atoms with van der Waals surface area (Å²) in [4.78, 5) is 22.0. The SMILES string of the molecule is NC(=O)C[C@](O)(CCCc1ccc(Cl)cc1)C(N)=O. The molecule has 0 fully saturated rings. The molecule has 0 aliphatic rings. The Kier molecular flexibility index (Phi) is 5.32. The monoisotopic (exact) mass is 284 g/mol. The van der Waals surface area contributed by atoms with Crippen LogP contribution in [-0.4, -0.2) is 22.5 Å². The molecular formula is C13H17ClN2O3. The molecule has 1 aromatic carbocycles. The van der Waals surface area contributed by atoms with Gasteiger partial charge in [0.15, 0.2) is 5.60 Å². The molecule has 5 N–H and O–H groups in total. The van der Waals surface area contributed by atoms with Crippen LogP contribution in [-0.2, 0) is 16.0 Å². The van der Waals surface area contributed by atoms with Crippen LogP contribution in [0.1, 0.15) is 24.8 Å². The molecule has 1 aromatic rings. The first-order valence-electron chi connectivity index (χ1n) is 5.88. The van der Waals surface area contributed by atoms with E-state index >= 15 is 0 Å². The molecule has 0 saturated heterocycles. The Morgan fingerprint density at radius 1 is 1.21 bits per heavy atom. The van der Waals surface area contributed by atoms with Gasteiger partial charge in [0.1, 0.15) is 0 Å². The topological polar surface area (TPSA) is 106 Å². The van der Waals surface area contributed by atoms with Crippen molar-refractivity contribution in [3.8, 4) is 0 Å². The van der Waals surface area contributed by atoms with Gasteiger partial charge < -0.3 is 16.6 Å². The van der Waals surface area contributed by atoms with Gasteiger partial charge in [-0.05, 0) is 37.0 Å². The van der Waals surface area contributed by atoms with E-state index in [9.17, 15) is 14.7 Å². The molecule has 0 saturated carbocycles. The van der Waals surface area contributed by atoms with Crippen molar-refractivity contribution in [2.45, 2.75) is 31.3 Å². The number of halogens is 1. The van der Waals surface area contributed by atoms with Gasteiger partial charge in [0.05, 0.1) is 6.42 Å². The summed E-state index contributed by atoms with van der Waals surface area (Å²) in [6.07, 6.45) is 0.788. The molecule has 0 bridgehead atoms. The lowest BCUT2D eigenvalue weighted by molar-refractivity contribution is -0.142. The summed E-state index contributed by atoms with van der Waals surface area (Å²) in [6, 6.07) is 7.25. The molecule has 0 aromatic heterocycles. The number of hydrogen-bond donors (Lipinski definition) is 3. The highest BCUT2D eigenvalue weighted by Crippen LogP contribution is 2.19. The fourth-order valence-electron chi connectivity index (χ4n) is 1.82.